The number of nitrogen functional groups attached to an aromatic ring is 1. The molecule has 0 amide bonds. The number of aliphatic hydroxyl groups excluding tert-OH is 3. The highest BCUT2D eigenvalue weighted by atomic mass is 19.1. The highest BCUT2D eigenvalue weighted by Crippen LogP contribution is 2.36. The third-order valence-corrected chi connectivity index (χ3v) is 3.15. The lowest BCUT2D eigenvalue weighted by molar-refractivity contribution is -0.118. The van der Waals surface area contributed by atoms with Gasteiger partial charge in [-0.3, -0.25) is 4.57 Å². The van der Waals surface area contributed by atoms with Crippen LogP contribution in [0, 0.1) is 5.82 Å². The molecule has 1 aliphatic heterocycles. The van der Waals surface area contributed by atoms with Gasteiger partial charge in [0, 0.05) is 0 Å². The van der Waals surface area contributed by atoms with Crippen molar-refractivity contribution in [3.63, 3.8) is 0 Å². The normalized spacial score (nSPS) is 34.7. The summed E-state index contributed by atoms with van der Waals surface area (Å²) in [5.74, 6) is -1.53. The van der Waals surface area contributed by atoms with Gasteiger partial charge in [-0.2, -0.15) is 4.98 Å². The lowest BCUT2D eigenvalue weighted by atomic mass is 9.99. The highest BCUT2D eigenvalue weighted by molar-refractivity contribution is 5.26. The number of anilines is 1. The summed E-state index contributed by atoms with van der Waals surface area (Å²) in [5, 5.41) is 28.8. The number of nitrogens with zero attached hydrogens (tertiary/aromatic N) is 2. The van der Waals surface area contributed by atoms with Crippen LogP contribution in [0.3, 0.4) is 0 Å². The maximum atomic E-state index is 13.3. The van der Waals surface area contributed by atoms with Crippen LogP contribution in [0.1, 0.15) is 13.2 Å². The lowest BCUT2D eigenvalue weighted by Crippen LogP contribution is -2.43. The predicted molar refractivity (Wildman–Crippen MR) is 60.5 cm³/mol. The molecule has 106 valence electrons. The number of ether oxygens (including phenoxy) is 1. The zero-order valence-electron chi connectivity index (χ0n) is 10.0. The third kappa shape index (κ3) is 2.10. The van der Waals surface area contributed by atoms with Gasteiger partial charge in [0.25, 0.3) is 0 Å². The van der Waals surface area contributed by atoms with Crippen molar-refractivity contribution in [1.82, 2.24) is 9.55 Å². The Morgan fingerprint density at radius 1 is 1.63 bits per heavy atom. The Kier molecular flexibility index (Phi) is 3.31. The van der Waals surface area contributed by atoms with Crippen LogP contribution < -0.4 is 11.4 Å². The second-order valence-electron chi connectivity index (χ2n) is 4.58. The van der Waals surface area contributed by atoms with Crippen molar-refractivity contribution in [2.75, 3.05) is 12.3 Å². The summed E-state index contributed by atoms with van der Waals surface area (Å²) in [6, 6.07) is 0. The Labute approximate surface area is 106 Å². The fraction of sp³-hybridized carbons (Fsp3) is 0.600. The smallest absolute Gasteiger partial charge is 0.351 e. The SMILES string of the molecule is C[C@]1(CO)O[C@@H](n2cc(F)c(N)nc2=O)[C@H](O)[C@@H]1O. The average Bonchev–Trinajstić information content (AvgIpc) is 2.59. The van der Waals surface area contributed by atoms with Crippen molar-refractivity contribution in [1.29, 1.82) is 0 Å². The quantitative estimate of drug-likeness (QED) is 0.489. The monoisotopic (exact) mass is 275 g/mol. The summed E-state index contributed by atoms with van der Waals surface area (Å²) >= 11 is 0. The molecule has 8 nitrogen and oxygen atoms in total. The minimum absolute atomic E-state index is 0.570. The third-order valence-electron chi connectivity index (χ3n) is 3.15. The molecule has 1 aromatic heterocycles. The van der Waals surface area contributed by atoms with Gasteiger partial charge in [0.15, 0.2) is 17.9 Å². The van der Waals surface area contributed by atoms with E-state index < -0.39 is 48.0 Å². The van der Waals surface area contributed by atoms with E-state index in [1.54, 1.807) is 0 Å². The first-order chi connectivity index (χ1) is 8.80. The topological polar surface area (TPSA) is 131 Å². The molecule has 1 fully saturated rings. The number of aromatic nitrogens is 2. The predicted octanol–water partition coefficient (Wildman–Crippen LogP) is -2.03. The van der Waals surface area contributed by atoms with Crippen LogP contribution in [0.4, 0.5) is 10.2 Å². The number of halogens is 1. The number of aliphatic hydroxyl groups is 3. The zero-order valence-corrected chi connectivity index (χ0v) is 10.0. The molecule has 1 aliphatic rings. The van der Waals surface area contributed by atoms with Crippen LogP contribution in [-0.4, -0.2) is 49.3 Å². The van der Waals surface area contributed by atoms with E-state index in [0.29, 0.717) is 4.57 Å². The molecule has 0 saturated carbocycles. The first-order valence-electron chi connectivity index (χ1n) is 5.49. The standard InChI is InChI=1S/C10H14FN3O5/c1-10(3-15)6(17)5(16)8(19-10)14-2-4(11)7(12)13-9(14)18/h2,5-6,8,15-17H,3H2,1H3,(H2,12,13,18)/t5-,6+,8-,10-/m1/s1. The van der Waals surface area contributed by atoms with E-state index in [-0.39, 0.29) is 0 Å². The van der Waals surface area contributed by atoms with Gasteiger partial charge in [-0.15, -0.1) is 0 Å². The van der Waals surface area contributed by atoms with Crippen LogP contribution in [0.5, 0.6) is 0 Å². The van der Waals surface area contributed by atoms with Crippen LogP contribution in [0.2, 0.25) is 0 Å². The number of nitrogens with two attached hydrogens (primary N) is 1. The molecular formula is C10H14FN3O5. The number of hydrogen-bond donors (Lipinski definition) is 4. The summed E-state index contributed by atoms with van der Waals surface area (Å²) in [7, 11) is 0. The van der Waals surface area contributed by atoms with E-state index in [1.807, 2.05) is 0 Å². The Hall–Kier alpha value is -1.55. The summed E-state index contributed by atoms with van der Waals surface area (Å²) in [6.07, 6.45) is -3.58. The Morgan fingerprint density at radius 2 is 2.26 bits per heavy atom. The van der Waals surface area contributed by atoms with Gasteiger partial charge in [0.1, 0.15) is 17.8 Å². The molecule has 9 heteroatoms. The van der Waals surface area contributed by atoms with Gasteiger partial charge >= 0.3 is 5.69 Å². The first-order valence-corrected chi connectivity index (χ1v) is 5.49. The summed E-state index contributed by atoms with van der Waals surface area (Å²) in [6.45, 7) is 0.772. The van der Waals surface area contributed by atoms with Crippen LogP contribution in [0.25, 0.3) is 0 Å². The first kappa shape index (κ1) is 13.9. The van der Waals surface area contributed by atoms with Crippen molar-refractivity contribution in [3.8, 4) is 0 Å². The molecule has 0 unspecified atom stereocenters. The Bertz CT molecular complexity index is 550. The molecule has 1 saturated heterocycles. The minimum atomic E-state index is -1.51. The maximum Gasteiger partial charge on any atom is 0.351 e. The van der Waals surface area contributed by atoms with Crippen molar-refractivity contribution in [3.05, 3.63) is 22.5 Å². The van der Waals surface area contributed by atoms with Crippen LogP contribution in [0.15, 0.2) is 11.0 Å². The van der Waals surface area contributed by atoms with Gasteiger partial charge in [0.05, 0.1) is 12.8 Å². The number of hydrogen-bond acceptors (Lipinski definition) is 7. The molecule has 0 spiro atoms. The van der Waals surface area contributed by atoms with E-state index in [4.69, 9.17) is 15.6 Å². The highest BCUT2D eigenvalue weighted by Gasteiger charge is 2.52. The zero-order chi connectivity index (χ0) is 14.4. The summed E-state index contributed by atoms with van der Waals surface area (Å²) in [4.78, 5) is 14.8. The maximum absolute atomic E-state index is 13.3. The number of rotatable bonds is 2. The van der Waals surface area contributed by atoms with Gasteiger partial charge < -0.3 is 25.8 Å². The van der Waals surface area contributed by atoms with Crippen molar-refractivity contribution >= 4 is 5.82 Å². The van der Waals surface area contributed by atoms with E-state index in [0.717, 1.165) is 6.20 Å². The fourth-order valence-electron chi connectivity index (χ4n) is 1.92. The fourth-order valence-corrected chi connectivity index (χ4v) is 1.92. The Morgan fingerprint density at radius 3 is 2.79 bits per heavy atom. The second-order valence-corrected chi connectivity index (χ2v) is 4.58. The van der Waals surface area contributed by atoms with E-state index in [9.17, 15) is 19.4 Å². The molecule has 4 atom stereocenters. The summed E-state index contributed by atoms with van der Waals surface area (Å²) in [5.41, 5.74) is 2.75. The molecule has 2 rings (SSSR count). The van der Waals surface area contributed by atoms with Gasteiger partial charge in [-0.1, -0.05) is 0 Å². The van der Waals surface area contributed by atoms with Crippen molar-refractivity contribution < 1.29 is 24.4 Å². The minimum Gasteiger partial charge on any atom is -0.393 e. The van der Waals surface area contributed by atoms with Crippen LogP contribution >= 0.6 is 0 Å². The van der Waals surface area contributed by atoms with Crippen LogP contribution in [-0.2, 0) is 4.74 Å². The molecule has 19 heavy (non-hydrogen) atoms. The largest absolute Gasteiger partial charge is 0.393 e. The molecule has 2 heterocycles. The molecule has 0 aliphatic carbocycles. The molecular weight excluding hydrogens is 261 g/mol. The molecule has 0 aromatic carbocycles. The summed E-state index contributed by atoms with van der Waals surface area (Å²) < 4.78 is 19.2. The van der Waals surface area contributed by atoms with Gasteiger partial charge in [-0.25, -0.2) is 9.18 Å². The van der Waals surface area contributed by atoms with E-state index in [1.165, 1.54) is 6.92 Å². The second kappa shape index (κ2) is 4.53. The Balaban J connectivity index is 2.44. The van der Waals surface area contributed by atoms with Crippen molar-refractivity contribution in [2.45, 2.75) is 31.0 Å². The molecule has 5 N–H and O–H groups in total. The lowest BCUT2D eigenvalue weighted by Gasteiger charge is -2.24. The molecule has 0 radical (unpaired) electrons. The van der Waals surface area contributed by atoms with Crippen molar-refractivity contribution in [2.24, 2.45) is 0 Å². The van der Waals surface area contributed by atoms with Gasteiger partial charge in [-0.05, 0) is 6.92 Å². The van der Waals surface area contributed by atoms with Gasteiger partial charge in [0.2, 0.25) is 0 Å². The molecule has 1 aromatic rings. The molecule has 0 bridgehead atoms. The van der Waals surface area contributed by atoms with E-state index >= 15 is 0 Å². The van der Waals surface area contributed by atoms with E-state index in [2.05, 4.69) is 4.98 Å². The average molecular weight is 275 g/mol.